The lowest BCUT2D eigenvalue weighted by atomic mass is 10.0. The number of allylic oxidation sites excluding steroid dienone is 1. The van der Waals surface area contributed by atoms with Gasteiger partial charge < -0.3 is 20.5 Å². The zero-order valence-corrected chi connectivity index (χ0v) is 10.9. The second-order valence-electron chi connectivity index (χ2n) is 5.27. The van der Waals surface area contributed by atoms with Crippen molar-refractivity contribution in [3.8, 4) is 0 Å². The van der Waals surface area contributed by atoms with Gasteiger partial charge in [-0.3, -0.25) is 4.90 Å². The lowest BCUT2D eigenvalue weighted by molar-refractivity contribution is -0.0818. The first-order valence-corrected chi connectivity index (χ1v) is 6.80. The Bertz CT molecular complexity index is 399. The molecule has 0 aromatic carbocycles. The number of ether oxygens (including phenoxy) is 2. The summed E-state index contributed by atoms with van der Waals surface area (Å²) < 4.78 is 24.6. The third-order valence-corrected chi connectivity index (χ3v) is 3.93. The number of rotatable bonds is 3. The summed E-state index contributed by atoms with van der Waals surface area (Å²) in [6.45, 7) is 4.09. The summed E-state index contributed by atoms with van der Waals surface area (Å²) in [5.41, 5.74) is 6.22. The molecule has 0 saturated carbocycles. The highest BCUT2D eigenvalue weighted by Gasteiger charge is 2.31. The average Bonchev–Trinajstić information content (AvgIpc) is 2.34. The molecule has 0 atom stereocenters. The molecule has 0 spiro atoms. The van der Waals surface area contributed by atoms with Gasteiger partial charge in [0.1, 0.15) is 6.10 Å². The van der Waals surface area contributed by atoms with Gasteiger partial charge in [-0.1, -0.05) is 0 Å². The minimum atomic E-state index is -0.404. The quantitative estimate of drug-likeness (QED) is 0.779. The molecule has 19 heavy (non-hydrogen) atoms. The van der Waals surface area contributed by atoms with Crippen LogP contribution in [0, 0.1) is 0 Å². The topological polar surface area (TPSA) is 59.8 Å². The smallest absolute Gasteiger partial charge is 0.182 e. The third kappa shape index (κ3) is 2.69. The van der Waals surface area contributed by atoms with E-state index < -0.39 is 5.83 Å². The third-order valence-electron chi connectivity index (χ3n) is 3.93. The van der Waals surface area contributed by atoms with Gasteiger partial charge in [0.2, 0.25) is 0 Å². The standard InChI is InChI=1S/C13H20FN3O2/c14-11-5-16-6-12(15)13(11)19-10-1-3-17(4-2-10)9-7-18-8-9/h5,9-10,16H,1-4,6-8,15H2. The maximum atomic E-state index is 13.6. The Morgan fingerprint density at radius 3 is 2.68 bits per heavy atom. The van der Waals surface area contributed by atoms with E-state index in [-0.39, 0.29) is 11.9 Å². The van der Waals surface area contributed by atoms with Crippen molar-refractivity contribution in [3.63, 3.8) is 0 Å². The molecule has 2 fully saturated rings. The van der Waals surface area contributed by atoms with Crippen molar-refractivity contribution in [2.24, 2.45) is 5.73 Å². The molecule has 0 unspecified atom stereocenters. The van der Waals surface area contributed by atoms with Crippen molar-refractivity contribution in [1.82, 2.24) is 10.2 Å². The number of hydrogen-bond donors (Lipinski definition) is 2. The summed E-state index contributed by atoms with van der Waals surface area (Å²) in [5, 5.41) is 2.77. The lowest BCUT2D eigenvalue weighted by Crippen LogP contribution is -2.52. The van der Waals surface area contributed by atoms with Crippen LogP contribution in [-0.4, -0.2) is 49.9 Å². The van der Waals surface area contributed by atoms with Crippen molar-refractivity contribution in [3.05, 3.63) is 23.5 Å². The highest BCUT2D eigenvalue weighted by molar-refractivity contribution is 5.28. The number of halogens is 1. The van der Waals surface area contributed by atoms with Crippen LogP contribution in [0.4, 0.5) is 4.39 Å². The summed E-state index contributed by atoms with van der Waals surface area (Å²) in [5.74, 6) is -0.178. The van der Waals surface area contributed by atoms with E-state index in [1.165, 1.54) is 6.20 Å². The number of nitrogens with one attached hydrogen (secondary N) is 1. The van der Waals surface area contributed by atoms with Crippen molar-refractivity contribution in [2.45, 2.75) is 25.0 Å². The summed E-state index contributed by atoms with van der Waals surface area (Å²) in [7, 11) is 0. The first kappa shape index (κ1) is 12.7. The Kier molecular flexibility index (Phi) is 3.61. The van der Waals surface area contributed by atoms with E-state index in [9.17, 15) is 4.39 Å². The van der Waals surface area contributed by atoms with Gasteiger partial charge in [-0.2, -0.15) is 0 Å². The van der Waals surface area contributed by atoms with Crippen LogP contribution >= 0.6 is 0 Å². The van der Waals surface area contributed by atoms with Gasteiger partial charge in [-0.05, 0) is 12.8 Å². The molecule has 3 aliphatic heterocycles. The van der Waals surface area contributed by atoms with Crippen LogP contribution in [0.15, 0.2) is 23.5 Å². The van der Waals surface area contributed by atoms with Crippen molar-refractivity contribution >= 4 is 0 Å². The zero-order chi connectivity index (χ0) is 13.2. The molecule has 0 radical (unpaired) electrons. The van der Waals surface area contributed by atoms with Crippen LogP contribution in [0.1, 0.15) is 12.8 Å². The van der Waals surface area contributed by atoms with Crippen LogP contribution in [0.5, 0.6) is 0 Å². The van der Waals surface area contributed by atoms with Crippen LogP contribution in [0.25, 0.3) is 0 Å². The van der Waals surface area contributed by atoms with E-state index in [4.69, 9.17) is 15.2 Å². The number of hydrogen-bond acceptors (Lipinski definition) is 5. The molecule has 3 heterocycles. The maximum Gasteiger partial charge on any atom is 0.182 e. The molecule has 3 aliphatic rings. The molecule has 106 valence electrons. The van der Waals surface area contributed by atoms with Crippen molar-refractivity contribution in [1.29, 1.82) is 0 Å². The molecule has 3 N–H and O–H groups in total. The predicted octanol–water partition coefficient (Wildman–Crippen LogP) is 0.451. The first-order chi connectivity index (χ1) is 9.24. The van der Waals surface area contributed by atoms with Gasteiger partial charge in [0.15, 0.2) is 11.6 Å². The van der Waals surface area contributed by atoms with Gasteiger partial charge in [-0.25, -0.2) is 4.39 Å². The summed E-state index contributed by atoms with van der Waals surface area (Å²) in [6, 6.07) is 0.570. The van der Waals surface area contributed by atoms with E-state index in [1.807, 2.05) is 0 Å². The molecule has 0 aromatic heterocycles. The van der Waals surface area contributed by atoms with Gasteiger partial charge >= 0.3 is 0 Å². The average molecular weight is 269 g/mol. The summed E-state index contributed by atoms with van der Waals surface area (Å²) in [6.07, 6.45) is 3.19. The largest absolute Gasteiger partial charge is 0.485 e. The summed E-state index contributed by atoms with van der Waals surface area (Å²) in [4.78, 5) is 2.43. The van der Waals surface area contributed by atoms with Gasteiger partial charge in [0, 0.05) is 19.3 Å². The van der Waals surface area contributed by atoms with Crippen LogP contribution in [0.2, 0.25) is 0 Å². The first-order valence-electron chi connectivity index (χ1n) is 6.80. The number of nitrogens with two attached hydrogens (primary N) is 1. The van der Waals surface area contributed by atoms with Crippen LogP contribution in [-0.2, 0) is 9.47 Å². The SMILES string of the molecule is NC1=C(OC2CCN(C3COC3)CC2)C(F)=CNC1. The molecule has 6 heteroatoms. The Morgan fingerprint density at radius 2 is 2.11 bits per heavy atom. The Hall–Kier alpha value is -1.27. The number of likely N-dealkylation sites (tertiary alicyclic amines) is 1. The van der Waals surface area contributed by atoms with E-state index in [2.05, 4.69) is 10.2 Å². The number of piperidine rings is 1. The number of nitrogens with zero attached hydrogens (tertiary/aromatic N) is 1. The molecular formula is C13H20FN3O2. The zero-order valence-electron chi connectivity index (χ0n) is 10.9. The van der Waals surface area contributed by atoms with E-state index in [1.54, 1.807) is 0 Å². The second-order valence-corrected chi connectivity index (χ2v) is 5.27. The molecule has 0 bridgehead atoms. The minimum Gasteiger partial charge on any atom is -0.485 e. The van der Waals surface area contributed by atoms with E-state index >= 15 is 0 Å². The van der Waals surface area contributed by atoms with Crippen LogP contribution in [0.3, 0.4) is 0 Å². The number of dihydropyridines is 1. The van der Waals surface area contributed by atoms with E-state index in [0.717, 1.165) is 39.1 Å². The molecular weight excluding hydrogens is 249 g/mol. The van der Waals surface area contributed by atoms with Gasteiger partial charge in [0.05, 0.1) is 31.5 Å². The van der Waals surface area contributed by atoms with Crippen LogP contribution < -0.4 is 11.1 Å². The fraction of sp³-hybridized carbons (Fsp3) is 0.692. The monoisotopic (exact) mass is 269 g/mol. The van der Waals surface area contributed by atoms with E-state index in [0.29, 0.717) is 18.3 Å². The Labute approximate surface area is 112 Å². The van der Waals surface area contributed by atoms with Gasteiger partial charge in [0.25, 0.3) is 0 Å². The molecule has 0 aromatic rings. The molecule has 5 nitrogen and oxygen atoms in total. The Balaban J connectivity index is 1.53. The predicted molar refractivity (Wildman–Crippen MR) is 68.7 cm³/mol. The fourth-order valence-electron chi connectivity index (χ4n) is 2.64. The van der Waals surface area contributed by atoms with Crippen molar-refractivity contribution < 1.29 is 13.9 Å². The highest BCUT2D eigenvalue weighted by Crippen LogP contribution is 2.25. The van der Waals surface area contributed by atoms with Gasteiger partial charge in [-0.15, -0.1) is 0 Å². The lowest BCUT2D eigenvalue weighted by Gasteiger charge is -2.41. The fourth-order valence-corrected chi connectivity index (χ4v) is 2.64. The summed E-state index contributed by atoms with van der Waals surface area (Å²) >= 11 is 0. The molecule has 2 saturated heterocycles. The molecule has 0 amide bonds. The van der Waals surface area contributed by atoms with Crippen molar-refractivity contribution in [2.75, 3.05) is 32.8 Å². The molecule has 3 rings (SSSR count). The second kappa shape index (κ2) is 5.38. The minimum absolute atomic E-state index is 0.0584. The normalized spacial score (nSPS) is 26.7. The maximum absolute atomic E-state index is 13.6. The molecule has 0 aliphatic carbocycles. The Morgan fingerprint density at radius 1 is 1.37 bits per heavy atom. The highest BCUT2D eigenvalue weighted by atomic mass is 19.1.